The highest BCUT2D eigenvalue weighted by Gasteiger charge is 2.10. The Morgan fingerprint density at radius 1 is 1.15 bits per heavy atom. The van der Waals surface area contributed by atoms with Crippen LogP contribution >= 0.6 is 11.6 Å². The Kier molecular flexibility index (Phi) is 4.99. The van der Waals surface area contributed by atoms with Gasteiger partial charge in [0.15, 0.2) is 0 Å². The fraction of sp³-hybridized carbons (Fsp3) is 0.250. The van der Waals surface area contributed by atoms with Crippen molar-refractivity contribution in [2.75, 3.05) is 7.05 Å². The fourth-order valence-electron chi connectivity index (χ4n) is 2.06. The molecule has 1 N–H and O–H groups in total. The topological polar surface area (TPSA) is 21.3 Å². The van der Waals surface area contributed by atoms with Crippen LogP contribution in [0.15, 0.2) is 36.4 Å². The molecule has 0 unspecified atom stereocenters. The molecule has 4 heteroatoms. The van der Waals surface area contributed by atoms with Gasteiger partial charge < -0.3 is 10.1 Å². The van der Waals surface area contributed by atoms with Crippen LogP contribution in [0, 0.1) is 12.7 Å². The summed E-state index contributed by atoms with van der Waals surface area (Å²) >= 11 is 5.77. The number of nitrogens with one attached hydrogen (secondary N) is 1. The number of benzene rings is 2. The van der Waals surface area contributed by atoms with Gasteiger partial charge in [0, 0.05) is 17.7 Å². The first-order chi connectivity index (χ1) is 9.63. The molecule has 0 fully saturated rings. The van der Waals surface area contributed by atoms with Gasteiger partial charge in [-0.15, -0.1) is 0 Å². The SMILES string of the molecule is CNCc1cccc(C)c1OCc1cccc(Cl)c1F. The molecule has 2 aromatic carbocycles. The van der Waals surface area contributed by atoms with E-state index in [1.165, 1.54) is 6.07 Å². The van der Waals surface area contributed by atoms with Crippen molar-refractivity contribution in [3.8, 4) is 5.75 Å². The van der Waals surface area contributed by atoms with E-state index >= 15 is 0 Å². The molecule has 0 amide bonds. The zero-order valence-electron chi connectivity index (χ0n) is 11.5. The van der Waals surface area contributed by atoms with E-state index in [0.717, 1.165) is 16.9 Å². The molecule has 2 aromatic rings. The summed E-state index contributed by atoms with van der Waals surface area (Å²) in [5.41, 5.74) is 2.53. The van der Waals surface area contributed by atoms with E-state index in [0.29, 0.717) is 12.1 Å². The van der Waals surface area contributed by atoms with Crippen LogP contribution in [0.5, 0.6) is 5.75 Å². The minimum atomic E-state index is -0.419. The van der Waals surface area contributed by atoms with Crippen molar-refractivity contribution in [3.05, 3.63) is 63.9 Å². The van der Waals surface area contributed by atoms with E-state index < -0.39 is 5.82 Å². The molecule has 0 spiro atoms. The molecule has 2 nitrogen and oxygen atoms in total. The second-order valence-electron chi connectivity index (χ2n) is 4.60. The third-order valence-corrected chi connectivity index (χ3v) is 3.36. The lowest BCUT2D eigenvalue weighted by molar-refractivity contribution is 0.294. The average Bonchev–Trinajstić information content (AvgIpc) is 2.43. The molecule has 0 saturated heterocycles. The normalized spacial score (nSPS) is 10.6. The van der Waals surface area contributed by atoms with E-state index in [-0.39, 0.29) is 11.6 Å². The summed E-state index contributed by atoms with van der Waals surface area (Å²) in [6.07, 6.45) is 0. The molecule has 0 aliphatic heterocycles. The number of hydrogen-bond donors (Lipinski definition) is 1. The van der Waals surface area contributed by atoms with Crippen LogP contribution in [-0.4, -0.2) is 7.05 Å². The first-order valence-corrected chi connectivity index (χ1v) is 6.80. The Bertz CT molecular complexity index is 601. The van der Waals surface area contributed by atoms with Gasteiger partial charge in [-0.05, 0) is 25.6 Å². The summed E-state index contributed by atoms with van der Waals surface area (Å²) in [6.45, 7) is 2.84. The van der Waals surface area contributed by atoms with Crippen LogP contribution in [0.25, 0.3) is 0 Å². The van der Waals surface area contributed by atoms with E-state index in [1.807, 2.05) is 32.2 Å². The van der Waals surface area contributed by atoms with Gasteiger partial charge in [-0.1, -0.05) is 41.9 Å². The molecule has 0 radical (unpaired) electrons. The molecule has 0 aromatic heterocycles. The van der Waals surface area contributed by atoms with Crippen LogP contribution in [0.4, 0.5) is 4.39 Å². The monoisotopic (exact) mass is 293 g/mol. The van der Waals surface area contributed by atoms with Gasteiger partial charge in [0.2, 0.25) is 0 Å². The number of para-hydroxylation sites is 1. The molecule has 0 heterocycles. The number of aryl methyl sites for hydroxylation is 1. The number of ether oxygens (including phenoxy) is 1. The van der Waals surface area contributed by atoms with Crippen LogP contribution < -0.4 is 10.1 Å². The Balaban J connectivity index is 2.20. The lowest BCUT2D eigenvalue weighted by Gasteiger charge is -2.14. The molecule has 106 valence electrons. The van der Waals surface area contributed by atoms with Crippen molar-refractivity contribution < 1.29 is 9.13 Å². The zero-order valence-corrected chi connectivity index (χ0v) is 12.3. The van der Waals surface area contributed by atoms with Crippen molar-refractivity contribution >= 4 is 11.6 Å². The van der Waals surface area contributed by atoms with Crippen molar-refractivity contribution in [2.45, 2.75) is 20.1 Å². The summed E-state index contributed by atoms with van der Waals surface area (Å²) < 4.78 is 19.6. The Labute approximate surface area is 123 Å². The van der Waals surface area contributed by atoms with E-state index in [2.05, 4.69) is 5.32 Å². The number of hydrogen-bond acceptors (Lipinski definition) is 2. The summed E-state index contributed by atoms with van der Waals surface area (Å²) in [7, 11) is 1.88. The zero-order chi connectivity index (χ0) is 14.5. The predicted octanol–water partition coefficient (Wildman–Crippen LogP) is 4.09. The predicted molar refractivity (Wildman–Crippen MR) is 79.7 cm³/mol. The maximum Gasteiger partial charge on any atom is 0.148 e. The van der Waals surface area contributed by atoms with Crippen molar-refractivity contribution in [1.29, 1.82) is 0 Å². The third kappa shape index (κ3) is 3.30. The van der Waals surface area contributed by atoms with Gasteiger partial charge >= 0.3 is 0 Å². The highest BCUT2D eigenvalue weighted by molar-refractivity contribution is 6.30. The lowest BCUT2D eigenvalue weighted by Crippen LogP contribution is -2.09. The van der Waals surface area contributed by atoms with Crippen LogP contribution in [0.2, 0.25) is 5.02 Å². The maximum atomic E-state index is 13.8. The summed E-state index contributed by atoms with van der Waals surface area (Å²) in [6, 6.07) is 10.9. The summed E-state index contributed by atoms with van der Waals surface area (Å²) in [5.74, 6) is 0.374. The van der Waals surface area contributed by atoms with Crippen molar-refractivity contribution in [1.82, 2.24) is 5.32 Å². The fourth-order valence-corrected chi connectivity index (χ4v) is 2.25. The van der Waals surface area contributed by atoms with Gasteiger partial charge in [0.1, 0.15) is 18.2 Å². The largest absolute Gasteiger partial charge is 0.488 e. The van der Waals surface area contributed by atoms with E-state index in [4.69, 9.17) is 16.3 Å². The molecular formula is C16H17ClFNO. The van der Waals surface area contributed by atoms with Gasteiger partial charge in [-0.2, -0.15) is 0 Å². The molecule has 2 rings (SSSR count). The highest BCUT2D eigenvalue weighted by atomic mass is 35.5. The maximum absolute atomic E-state index is 13.8. The molecule has 0 aliphatic carbocycles. The van der Waals surface area contributed by atoms with Crippen LogP contribution in [-0.2, 0) is 13.2 Å². The molecule has 0 saturated carbocycles. The molecule has 0 aliphatic rings. The van der Waals surface area contributed by atoms with Gasteiger partial charge in [-0.3, -0.25) is 0 Å². The minimum Gasteiger partial charge on any atom is -0.488 e. The molecule has 0 atom stereocenters. The summed E-state index contributed by atoms with van der Waals surface area (Å²) in [5, 5.41) is 3.21. The molecule has 0 bridgehead atoms. The second kappa shape index (κ2) is 6.73. The van der Waals surface area contributed by atoms with E-state index in [1.54, 1.807) is 12.1 Å². The van der Waals surface area contributed by atoms with Crippen molar-refractivity contribution in [2.24, 2.45) is 0 Å². The van der Waals surface area contributed by atoms with E-state index in [9.17, 15) is 4.39 Å². The Morgan fingerprint density at radius 3 is 2.60 bits per heavy atom. The summed E-state index contributed by atoms with van der Waals surface area (Å²) in [4.78, 5) is 0. The second-order valence-corrected chi connectivity index (χ2v) is 5.00. The van der Waals surface area contributed by atoms with Crippen LogP contribution in [0.1, 0.15) is 16.7 Å². The minimum absolute atomic E-state index is 0.117. The van der Waals surface area contributed by atoms with Crippen LogP contribution in [0.3, 0.4) is 0 Å². The smallest absolute Gasteiger partial charge is 0.148 e. The first-order valence-electron chi connectivity index (χ1n) is 6.42. The lowest BCUT2D eigenvalue weighted by atomic mass is 10.1. The Morgan fingerprint density at radius 2 is 1.85 bits per heavy atom. The standard InChI is InChI=1S/C16H17ClFNO/c1-11-5-3-6-12(9-19-2)16(11)20-10-13-7-4-8-14(17)15(13)18/h3-8,19H,9-10H2,1-2H3. The number of halogens is 2. The Hall–Kier alpha value is -1.58. The molecular weight excluding hydrogens is 277 g/mol. The quantitative estimate of drug-likeness (QED) is 0.896. The van der Waals surface area contributed by atoms with Gasteiger partial charge in [0.25, 0.3) is 0 Å². The first kappa shape index (κ1) is 14.8. The van der Waals surface area contributed by atoms with Crippen molar-refractivity contribution in [3.63, 3.8) is 0 Å². The number of rotatable bonds is 5. The third-order valence-electron chi connectivity index (χ3n) is 3.06. The average molecular weight is 294 g/mol. The van der Waals surface area contributed by atoms with Gasteiger partial charge in [-0.25, -0.2) is 4.39 Å². The molecule has 20 heavy (non-hydrogen) atoms. The highest BCUT2D eigenvalue weighted by Crippen LogP contribution is 2.25. The van der Waals surface area contributed by atoms with Gasteiger partial charge in [0.05, 0.1) is 5.02 Å².